The van der Waals surface area contributed by atoms with Crippen molar-refractivity contribution in [3.05, 3.63) is 23.8 Å². The number of amides is 1. The molecule has 1 aromatic carbocycles. The molecule has 27 heavy (non-hydrogen) atoms. The van der Waals surface area contributed by atoms with Crippen LogP contribution in [0.1, 0.15) is 47.1 Å². The van der Waals surface area contributed by atoms with Crippen molar-refractivity contribution in [3.8, 4) is 5.75 Å². The molecule has 7 nitrogen and oxygen atoms in total. The average Bonchev–Trinajstić information content (AvgIpc) is 2.55. The number of hydrogen-bond acceptors (Lipinski definition) is 5. The Balaban J connectivity index is 3.03. The predicted molar refractivity (Wildman–Crippen MR) is 106 cm³/mol. The zero-order chi connectivity index (χ0) is 20.6. The molecule has 152 valence electrons. The maximum Gasteiger partial charge on any atom is 0.408 e. The molecule has 0 fully saturated rings. The van der Waals surface area contributed by atoms with E-state index in [1.54, 1.807) is 20.8 Å². The summed E-state index contributed by atoms with van der Waals surface area (Å²) in [6.45, 7) is 13.4. The minimum atomic E-state index is -1.13. The number of carbonyl (C=O) groups is 2. The predicted octanol–water partition coefficient (Wildman–Crippen LogP) is 3.45. The highest BCUT2D eigenvalue weighted by molar-refractivity contribution is 5.80. The van der Waals surface area contributed by atoms with E-state index in [9.17, 15) is 14.7 Å². The number of ether oxygens (including phenoxy) is 2. The molecule has 0 aliphatic carbocycles. The third-order valence-electron chi connectivity index (χ3n) is 3.89. The molecule has 0 aliphatic heterocycles. The molecule has 1 unspecified atom stereocenters. The van der Waals surface area contributed by atoms with Crippen molar-refractivity contribution in [1.82, 2.24) is 5.32 Å². The molecule has 1 atom stereocenters. The van der Waals surface area contributed by atoms with Gasteiger partial charge in [0, 0.05) is 31.3 Å². The first-order chi connectivity index (χ1) is 12.6. The summed E-state index contributed by atoms with van der Waals surface area (Å²) >= 11 is 0. The Kier molecular flexibility index (Phi) is 8.40. The summed E-state index contributed by atoms with van der Waals surface area (Å²) in [5, 5.41) is 11.9. The SMILES string of the molecule is CCOc1cc(N(CC)CC)ccc1CC(NC(=O)OC(C)(C)C)C(=O)O. The van der Waals surface area contributed by atoms with Crippen LogP contribution in [0.3, 0.4) is 0 Å². The molecule has 0 bridgehead atoms. The third kappa shape index (κ3) is 7.37. The number of benzene rings is 1. The molecular formula is C20H32N2O5. The van der Waals surface area contributed by atoms with Gasteiger partial charge in [-0.3, -0.25) is 0 Å². The van der Waals surface area contributed by atoms with Gasteiger partial charge in [-0.2, -0.15) is 0 Å². The smallest absolute Gasteiger partial charge is 0.408 e. The van der Waals surface area contributed by atoms with Gasteiger partial charge in [0.25, 0.3) is 0 Å². The van der Waals surface area contributed by atoms with Crippen LogP contribution in [-0.2, 0) is 16.0 Å². The number of hydrogen-bond donors (Lipinski definition) is 2. The van der Waals surface area contributed by atoms with Crippen LogP contribution in [-0.4, -0.2) is 48.5 Å². The van der Waals surface area contributed by atoms with E-state index in [1.165, 1.54) is 0 Å². The molecule has 2 N–H and O–H groups in total. The topological polar surface area (TPSA) is 88.1 Å². The number of nitrogens with one attached hydrogen (secondary N) is 1. The molecule has 0 aromatic heterocycles. The van der Waals surface area contributed by atoms with Crippen molar-refractivity contribution in [3.63, 3.8) is 0 Å². The summed E-state index contributed by atoms with van der Waals surface area (Å²) in [6, 6.07) is 4.60. The zero-order valence-electron chi connectivity index (χ0n) is 17.2. The number of alkyl carbamates (subject to hydrolysis) is 1. The molecule has 1 aromatic rings. The number of aliphatic carboxylic acids is 1. The van der Waals surface area contributed by atoms with Crippen molar-refractivity contribution >= 4 is 17.7 Å². The maximum atomic E-state index is 12.0. The van der Waals surface area contributed by atoms with E-state index < -0.39 is 23.7 Å². The Morgan fingerprint density at radius 3 is 2.30 bits per heavy atom. The number of carboxylic acid groups (broad SMARTS) is 1. The molecule has 0 heterocycles. The van der Waals surface area contributed by atoms with Crippen molar-refractivity contribution in [1.29, 1.82) is 0 Å². The fourth-order valence-electron chi connectivity index (χ4n) is 2.66. The second kappa shape index (κ2) is 10.0. The number of carboxylic acids is 1. The molecule has 7 heteroatoms. The second-order valence-electron chi connectivity index (χ2n) is 7.14. The summed E-state index contributed by atoms with van der Waals surface area (Å²) in [4.78, 5) is 25.8. The minimum absolute atomic E-state index is 0.0996. The Hall–Kier alpha value is -2.44. The van der Waals surface area contributed by atoms with Crippen molar-refractivity contribution < 1.29 is 24.2 Å². The monoisotopic (exact) mass is 380 g/mol. The van der Waals surface area contributed by atoms with E-state index in [1.807, 2.05) is 25.1 Å². The molecule has 0 aliphatic rings. The second-order valence-corrected chi connectivity index (χ2v) is 7.14. The van der Waals surface area contributed by atoms with E-state index in [-0.39, 0.29) is 6.42 Å². The average molecular weight is 380 g/mol. The van der Waals surface area contributed by atoms with Gasteiger partial charge in [0.2, 0.25) is 0 Å². The molecule has 0 saturated carbocycles. The lowest BCUT2D eigenvalue weighted by Crippen LogP contribution is -2.44. The van der Waals surface area contributed by atoms with Gasteiger partial charge in [0.05, 0.1) is 6.61 Å². The van der Waals surface area contributed by atoms with Crippen LogP contribution >= 0.6 is 0 Å². The highest BCUT2D eigenvalue weighted by atomic mass is 16.6. The molecule has 1 amide bonds. The number of nitrogens with zero attached hydrogens (tertiary/aromatic N) is 1. The lowest BCUT2D eigenvalue weighted by molar-refractivity contribution is -0.139. The molecular weight excluding hydrogens is 348 g/mol. The largest absolute Gasteiger partial charge is 0.494 e. The normalized spacial score (nSPS) is 12.2. The van der Waals surface area contributed by atoms with Crippen molar-refractivity contribution in [2.24, 2.45) is 0 Å². The van der Waals surface area contributed by atoms with Crippen LogP contribution in [0.25, 0.3) is 0 Å². The summed E-state index contributed by atoms with van der Waals surface area (Å²) in [5.74, 6) is -0.504. The van der Waals surface area contributed by atoms with Crippen LogP contribution in [0.15, 0.2) is 18.2 Å². The van der Waals surface area contributed by atoms with E-state index in [0.29, 0.717) is 12.4 Å². The third-order valence-corrected chi connectivity index (χ3v) is 3.89. The highest BCUT2D eigenvalue weighted by Gasteiger charge is 2.25. The Bertz CT molecular complexity index is 636. The standard InChI is InChI=1S/C20H32N2O5/c1-7-22(8-2)15-11-10-14(17(13-15)26-9-3)12-16(18(23)24)21-19(25)27-20(4,5)6/h10-11,13,16H,7-9,12H2,1-6H3,(H,21,25)(H,23,24). The summed E-state index contributed by atoms with van der Waals surface area (Å²) < 4.78 is 10.9. The van der Waals surface area contributed by atoms with Gasteiger partial charge in [0.1, 0.15) is 17.4 Å². The van der Waals surface area contributed by atoms with E-state index >= 15 is 0 Å². The maximum absolute atomic E-state index is 12.0. The first kappa shape index (κ1) is 22.6. The highest BCUT2D eigenvalue weighted by Crippen LogP contribution is 2.27. The Morgan fingerprint density at radius 2 is 1.81 bits per heavy atom. The van der Waals surface area contributed by atoms with Gasteiger partial charge in [-0.15, -0.1) is 0 Å². The minimum Gasteiger partial charge on any atom is -0.494 e. The summed E-state index contributed by atoms with van der Waals surface area (Å²) in [6.07, 6.45) is -0.657. The van der Waals surface area contributed by atoms with Crippen LogP contribution in [0.4, 0.5) is 10.5 Å². The van der Waals surface area contributed by atoms with Crippen molar-refractivity contribution in [2.75, 3.05) is 24.6 Å². The summed E-state index contributed by atoms with van der Waals surface area (Å²) in [7, 11) is 0. The number of anilines is 1. The molecule has 0 radical (unpaired) electrons. The molecule has 1 rings (SSSR count). The van der Waals surface area contributed by atoms with Gasteiger partial charge in [-0.05, 0) is 53.2 Å². The van der Waals surface area contributed by atoms with Gasteiger partial charge < -0.3 is 24.8 Å². The molecule has 0 spiro atoms. The number of carbonyl (C=O) groups excluding carboxylic acids is 1. The van der Waals surface area contributed by atoms with Gasteiger partial charge in [-0.25, -0.2) is 9.59 Å². The van der Waals surface area contributed by atoms with Crippen LogP contribution in [0.5, 0.6) is 5.75 Å². The Labute approximate surface area is 161 Å². The summed E-state index contributed by atoms with van der Waals surface area (Å²) in [5.41, 5.74) is 1.03. The van der Waals surface area contributed by atoms with Crippen LogP contribution < -0.4 is 15.0 Å². The van der Waals surface area contributed by atoms with Gasteiger partial charge in [-0.1, -0.05) is 6.07 Å². The fraction of sp³-hybridized carbons (Fsp3) is 0.600. The van der Waals surface area contributed by atoms with Gasteiger partial charge >= 0.3 is 12.1 Å². The first-order valence-corrected chi connectivity index (χ1v) is 9.34. The first-order valence-electron chi connectivity index (χ1n) is 9.34. The van der Waals surface area contributed by atoms with E-state index in [0.717, 1.165) is 24.3 Å². The van der Waals surface area contributed by atoms with E-state index in [4.69, 9.17) is 9.47 Å². The van der Waals surface area contributed by atoms with Gasteiger partial charge in [0.15, 0.2) is 0 Å². The number of rotatable bonds is 9. The lowest BCUT2D eigenvalue weighted by Gasteiger charge is -2.24. The fourth-order valence-corrected chi connectivity index (χ4v) is 2.66. The van der Waals surface area contributed by atoms with Crippen molar-refractivity contribution in [2.45, 2.75) is 59.6 Å². The quantitative estimate of drug-likeness (QED) is 0.682. The van der Waals surface area contributed by atoms with E-state index in [2.05, 4.69) is 24.1 Å². The Morgan fingerprint density at radius 1 is 1.19 bits per heavy atom. The van der Waals surface area contributed by atoms with Crippen LogP contribution in [0, 0.1) is 0 Å². The lowest BCUT2D eigenvalue weighted by atomic mass is 10.0. The molecule has 0 saturated heterocycles. The van der Waals surface area contributed by atoms with Crippen LogP contribution in [0.2, 0.25) is 0 Å². The zero-order valence-corrected chi connectivity index (χ0v) is 17.2.